The van der Waals surface area contributed by atoms with Gasteiger partial charge in [0.05, 0.1) is 0 Å². The minimum Gasteiger partial charge on any atom is -0.289 e. The van der Waals surface area contributed by atoms with Crippen molar-refractivity contribution < 1.29 is 9.18 Å². The maximum atomic E-state index is 12.8. The molecule has 2 aromatic rings. The summed E-state index contributed by atoms with van der Waals surface area (Å²) in [6.45, 7) is 5.51. The van der Waals surface area contributed by atoms with E-state index in [2.05, 4.69) is 6.57 Å². The SMILES string of the molecule is C#N.CCc1ccccc1C(=O)c1ccc(F)cc1. The fraction of sp³-hybridized carbons (Fsp3) is 0.125. The van der Waals surface area contributed by atoms with Crippen molar-refractivity contribution in [1.82, 2.24) is 0 Å². The molecule has 2 rings (SSSR count). The van der Waals surface area contributed by atoms with Crippen molar-refractivity contribution in [2.75, 3.05) is 0 Å². The van der Waals surface area contributed by atoms with Crippen LogP contribution < -0.4 is 0 Å². The highest BCUT2D eigenvalue weighted by Crippen LogP contribution is 2.15. The Morgan fingerprint density at radius 3 is 2.26 bits per heavy atom. The van der Waals surface area contributed by atoms with Crippen LogP contribution in [0.15, 0.2) is 48.5 Å². The number of halogens is 1. The molecule has 0 heterocycles. The average Bonchev–Trinajstić information content (AvgIpc) is 2.49. The average molecular weight is 255 g/mol. The first kappa shape index (κ1) is 14.6. The van der Waals surface area contributed by atoms with E-state index in [1.807, 2.05) is 31.2 Å². The van der Waals surface area contributed by atoms with E-state index in [0.29, 0.717) is 11.1 Å². The molecule has 2 aromatic carbocycles. The molecule has 19 heavy (non-hydrogen) atoms. The Hall–Kier alpha value is -2.47. The summed E-state index contributed by atoms with van der Waals surface area (Å²) in [4.78, 5) is 12.2. The van der Waals surface area contributed by atoms with Crippen molar-refractivity contribution in [2.24, 2.45) is 0 Å². The Bertz CT molecular complexity index is 573. The van der Waals surface area contributed by atoms with Gasteiger partial charge in [-0.2, -0.15) is 0 Å². The highest BCUT2D eigenvalue weighted by Gasteiger charge is 2.11. The predicted molar refractivity (Wildman–Crippen MR) is 72.3 cm³/mol. The van der Waals surface area contributed by atoms with Gasteiger partial charge in [-0.05, 0) is 36.2 Å². The molecule has 0 saturated carbocycles. The van der Waals surface area contributed by atoms with Gasteiger partial charge >= 0.3 is 0 Å². The number of nitriles is 1. The van der Waals surface area contributed by atoms with Crippen molar-refractivity contribution in [1.29, 1.82) is 5.26 Å². The first-order valence-electron chi connectivity index (χ1n) is 5.86. The zero-order valence-electron chi connectivity index (χ0n) is 10.6. The Morgan fingerprint density at radius 1 is 1.11 bits per heavy atom. The highest BCUT2D eigenvalue weighted by molar-refractivity contribution is 6.09. The Labute approximate surface area is 112 Å². The summed E-state index contributed by atoms with van der Waals surface area (Å²) in [6, 6.07) is 13.2. The molecule has 0 spiro atoms. The first-order chi connectivity index (χ1) is 9.22. The van der Waals surface area contributed by atoms with Gasteiger partial charge in [0.15, 0.2) is 5.78 Å². The van der Waals surface area contributed by atoms with Crippen molar-refractivity contribution in [3.05, 3.63) is 71.0 Å². The van der Waals surface area contributed by atoms with Gasteiger partial charge in [0.1, 0.15) is 5.82 Å². The van der Waals surface area contributed by atoms with Crippen LogP contribution in [-0.4, -0.2) is 5.78 Å². The molecule has 0 unspecified atom stereocenters. The van der Waals surface area contributed by atoms with E-state index >= 15 is 0 Å². The molecule has 0 saturated heterocycles. The Morgan fingerprint density at radius 2 is 1.68 bits per heavy atom. The van der Waals surface area contributed by atoms with Crippen LogP contribution in [0.4, 0.5) is 4.39 Å². The summed E-state index contributed by atoms with van der Waals surface area (Å²) < 4.78 is 12.8. The standard InChI is InChI=1S/C15H13FO.CHN/c1-2-11-5-3-4-6-14(11)15(17)12-7-9-13(16)10-8-12;1-2/h3-10H,2H2,1H3;1H. The van der Waals surface area contributed by atoms with Gasteiger partial charge in [-0.3, -0.25) is 4.79 Å². The molecule has 0 fully saturated rings. The molecule has 0 aliphatic carbocycles. The zero-order chi connectivity index (χ0) is 14.3. The predicted octanol–water partition coefficient (Wildman–Crippen LogP) is 3.76. The summed E-state index contributed by atoms with van der Waals surface area (Å²) in [5.74, 6) is -0.382. The van der Waals surface area contributed by atoms with E-state index in [4.69, 9.17) is 5.26 Å². The van der Waals surface area contributed by atoms with E-state index in [1.54, 1.807) is 0 Å². The number of hydrogen-bond acceptors (Lipinski definition) is 2. The normalized spacial score (nSPS) is 9.26. The van der Waals surface area contributed by atoms with E-state index < -0.39 is 0 Å². The molecule has 0 atom stereocenters. The lowest BCUT2D eigenvalue weighted by atomic mass is 9.97. The van der Waals surface area contributed by atoms with Gasteiger partial charge in [0.2, 0.25) is 0 Å². The van der Waals surface area contributed by atoms with Crippen molar-refractivity contribution >= 4 is 5.78 Å². The summed E-state index contributed by atoms with van der Waals surface area (Å²) in [6.07, 6.45) is 0.809. The van der Waals surface area contributed by atoms with Gasteiger partial charge < -0.3 is 0 Å². The van der Waals surface area contributed by atoms with Gasteiger partial charge in [-0.15, -0.1) is 0 Å². The summed E-state index contributed by atoms with van der Waals surface area (Å²) >= 11 is 0. The lowest BCUT2D eigenvalue weighted by molar-refractivity contribution is 0.103. The zero-order valence-corrected chi connectivity index (χ0v) is 10.6. The molecule has 0 radical (unpaired) electrons. The molecule has 0 aromatic heterocycles. The number of nitrogens with zero attached hydrogens (tertiary/aromatic N) is 1. The number of carbonyl (C=O) groups is 1. The molecule has 0 amide bonds. The van der Waals surface area contributed by atoms with Crippen molar-refractivity contribution in [3.63, 3.8) is 0 Å². The third-order valence-electron chi connectivity index (χ3n) is 2.75. The lowest BCUT2D eigenvalue weighted by Crippen LogP contribution is -2.04. The summed E-state index contributed by atoms with van der Waals surface area (Å²) in [5.41, 5.74) is 2.23. The Kier molecular flexibility index (Phi) is 5.43. The molecule has 0 aliphatic rings. The van der Waals surface area contributed by atoms with Crippen LogP contribution >= 0.6 is 0 Å². The summed E-state index contributed by atoms with van der Waals surface area (Å²) in [5, 5.41) is 6.50. The minimum absolute atomic E-state index is 0.0533. The quantitative estimate of drug-likeness (QED) is 0.783. The van der Waals surface area contributed by atoms with Crippen molar-refractivity contribution in [2.45, 2.75) is 13.3 Å². The second-order valence-electron chi connectivity index (χ2n) is 3.85. The first-order valence-corrected chi connectivity index (χ1v) is 5.86. The van der Waals surface area contributed by atoms with Gasteiger partial charge in [-0.1, -0.05) is 31.2 Å². The third-order valence-corrected chi connectivity index (χ3v) is 2.75. The molecule has 2 nitrogen and oxygen atoms in total. The molecule has 0 N–H and O–H groups in total. The topological polar surface area (TPSA) is 40.9 Å². The smallest absolute Gasteiger partial charge is 0.193 e. The minimum atomic E-state index is -0.328. The Balaban J connectivity index is 0.000000861. The van der Waals surface area contributed by atoms with E-state index in [9.17, 15) is 9.18 Å². The van der Waals surface area contributed by atoms with Crippen LogP contribution in [0.25, 0.3) is 0 Å². The van der Waals surface area contributed by atoms with Gasteiger partial charge in [0, 0.05) is 17.7 Å². The van der Waals surface area contributed by atoms with Crippen LogP contribution in [0, 0.1) is 17.7 Å². The molecule has 0 aliphatic heterocycles. The van der Waals surface area contributed by atoms with Gasteiger partial charge in [-0.25, -0.2) is 9.65 Å². The molecule has 3 heteroatoms. The fourth-order valence-corrected chi connectivity index (χ4v) is 1.81. The number of aryl methyl sites for hydroxylation is 1. The molecule has 0 bridgehead atoms. The second kappa shape index (κ2) is 7.07. The van der Waals surface area contributed by atoms with Crippen LogP contribution in [0.1, 0.15) is 28.4 Å². The number of benzene rings is 2. The van der Waals surface area contributed by atoms with Crippen LogP contribution in [0.2, 0.25) is 0 Å². The largest absolute Gasteiger partial charge is 0.289 e. The monoisotopic (exact) mass is 255 g/mol. The van der Waals surface area contributed by atoms with E-state index in [0.717, 1.165) is 12.0 Å². The molecule has 96 valence electrons. The number of rotatable bonds is 3. The van der Waals surface area contributed by atoms with Crippen molar-refractivity contribution in [3.8, 4) is 6.57 Å². The highest BCUT2D eigenvalue weighted by atomic mass is 19.1. The van der Waals surface area contributed by atoms with E-state index in [-0.39, 0.29) is 11.6 Å². The lowest BCUT2D eigenvalue weighted by Gasteiger charge is -2.06. The third kappa shape index (κ3) is 3.49. The number of hydrogen-bond donors (Lipinski definition) is 0. The number of ketones is 1. The maximum Gasteiger partial charge on any atom is 0.193 e. The number of carbonyl (C=O) groups excluding carboxylic acids is 1. The van der Waals surface area contributed by atoms with Gasteiger partial charge in [0.25, 0.3) is 0 Å². The fourth-order valence-electron chi connectivity index (χ4n) is 1.81. The van der Waals surface area contributed by atoms with Crippen LogP contribution in [0.3, 0.4) is 0 Å². The maximum absolute atomic E-state index is 12.8. The van der Waals surface area contributed by atoms with Crippen LogP contribution in [0.5, 0.6) is 0 Å². The second-order valence-corrected chi connectivity index (χ2v) is 3.85. The van der Waals surface area contributed by atoms with Crippen LogP contribution in [-0.2, 0) is 6.42 Å². The molecular formula is C16H14FNO. The summed E-state index contributed by atoms with van der Waals surface area (Å²) in [7, 11) is 0. The molecular weight excluding hydrogens is 241 g/mol. The van der Waals surface area contributed by atoms with E-state index in [1.165, 1.54) is 24.3 Å².